The van der Waals surface area contributed by atoms with Crippen LogP contribution in [0.5, 0.6) is 5.75 Å². The summed E-state index contributed by atoms with van der Waals surface area (Å²) in [6.45, 7) is 6.49. The molecule has 1 amide bonds. The van der Waals surface area contributed by atoms with E-state index in [2.05, 4.69) is 0 Å². The van der Waals surface area contributed by atoms with Crippen molar-refractivity contribution >= 4 is 11.9 Å². The number of aliphatic carboxylic acids is 1. The van der Waals surface area contributed by atoms with Gasteiger partial charge in [0.15, 0.2) is 6.61 Å². The zero-order chi connectivity index (χ0) is 15.6. The number of amides is 1. The Balaban J connectivity index is 1.92. The molecule has 2 unspecified atom stereocenters. The lowest BCUT2D eigenvalue weighted by Gasteiger charge is -2.17. The summed E-state index contributed by atoms with van der Waals surface area (Å²) in [6, 6.07) is 5.79. The normalized spacial score (nSPS) is 21.4. The fourth-order valence-corrected chi connectivity index (χ4v) is 2.68. The summed E-state index contributed by atoms with van der Waals surface area (Å²) in [4.78, 5) is 24.8. The number of aryl methyl sites for hydroxylation is 2. The van der Waals surface area contributed by atoms with Crippen LogP contribution < -0.4 is 4.74 Å². The number of ether oxygens (including phenoxy) is 1. The van der Waals surface area contributed by atoms with Crippen LogP contribution in [0.4, 0.5) is 0 Å². The molecule has 1 aliphatic rings. The predicted molar refractivity (Wildman–Crippen MR) is 78.3 cm³/mol. The SMILES string of the molecule is Cc1ccc(OCC(=O)N2CC(C)C(C(=O)O)C2)c(C)c1. The van der Waals surface area contributed by atoms with E-state index >= 15 is 0 Å². The van der Waals surface area contributed by atoms with Gasteiger partial charge in [0.25, 0.3) is 5.91 Å². The van der Waals surface area contributed by atoms with E-state index in [1.807, 2.05) is 39.0 Å². The zero-order valence-electron chi connectivity index (χ0n) is 12.6. The van der Waals surface area contributed by atoms with Crippen LogP contribution in [0.2, 0.25) is 0 Å². The maximum Gasteiger partial charge on any atom is 0.308 e. The standard InChI is InChI=1S/C16H21NO4/c1-10-4-5-14(11(2)6-10)21-9-15(18)17-7-12(3)13(8-17)16(19)20/h4-6,12-13H,7-9H2,1-3H3,(H,19,20). The number of hydrogen-bond donors (Lipinski definition) is 1. The topological polar surface area (TPSA) is 66.8 Å². The molecule has 0 radical (unpaired) electrons. The van der Waals surface area contributed by atoms with Gasteiger partial charge in [0.05, 0.1) is 5.92 Å². The molecule has 5 heteroatoms. The second-order valence-electron chi connectivity index (χ2n) is 5.78. The van der Waals surface area contributed by atoms with E-state index in [-0.39, 0.29) is 25.0 Å². The van der Waals surface area contributed by atoms with Crippen molar-refractivity contribution in [2.75, 3.05) is 19.7 Å². The molecule has 0 spiro atoms. The van der Waals surface area contributed by atoms with Crippen molar-refractivity contribution in [3.8, 4) is 5.75 Å². The molecule has 114 valence electrons. The maximum atomic E-state index is 12.1. The lowest BCUT2D eigenvalue weighted by molar-refractivity contribution is -0.142. The fraction of sp³-hybridized carbons (Fsp3) is 0.500. The molecule has 0 aromatic heterocycles. The number of benzene rings is 1. The Hall–Kier alpha value is -2.04. The summed E-state index contributed by atoms with van der Waals surface area (Å²) in [5.74, 6) is -0.808. The number of rotatable bonds is 4. The van der Waals surface area contributed by atoms with Crippen molar-refractivity contribution < 1.29 is 19.4 Å². The largest absolute Gasteiger partial charge is 0.484 e. The first-order valence-corrected chi connectivity index (χ1v) is 7.09. The van der Waals surface area contributed by atoms with E-state index in [0.717, 1.165) is 11.1 Å². The molecule has 5 nitrogen and oxygen atoms in total. The number of carboxylic acids is 1. The molecule has 1 N–H and O–H groups in total. The smallest absolute Gasteiger partial charge is 0.308 e. The molecule has 1 fully saturated rings. The first-order valence-electron chi connectivity index (χ1n) is 7.09. The first-order chi connectivity index (χ1) is 9.88. The summed E-state index contributed by atoms with van der Waals surface area (Å²) >= 11 is 0. The van der Waals surface area contributed by atoms with Gasteiger partial charge in [0.1, 0.15) is 5.75 Å². The Morgan fingerprint density at radius 3 is 2.62 bits per heavy atom. The Kier molecular flexibility index (Phi) is 4.50. The van der Waals surface area contributed by atoms with Crippen molar-refractivity contribution in [3.63, 3.8) is 0 Å². The van der Waals surface area contributed by atoms with Gasteiger partial charge in [-0.1, -0.05) is 24.6 Å². The van der Waals surface area contributed by atoms with Crippen molar-refractivity contribution in [2.24, 2.45) is 11.8 Å². The van der Waals surface area contributed by atoms with Crippen LogP contribution in [0.25, 0.3) is 0 Å². The highest BCUT2D eigenvalue weighted by molar-refractivity contribution is 5.80. The lowest BCUT2D eigenvalue weighted by atomic mass is 9.99. The highest BCUT2D eigenvalue weighted by Crippen LogP contribution is 2.24. The summed E-state index contributed by atoms with van der Waals surface area (Å²) in [7, 11) is 0. The van der Waals surface area contributed by atoms with Gasteiger partial charge >= 0.3 is 5.97 Å². The van der Waals surface area contributed by atoms with Crippen molar-refractivity contribution in [1.29, 1.82) is 0 Å². The third kappa shape index (κ3) is 3.54. The average molecular weight is 291 g/mol. The molecule has 2 rings (SSSR count). The van der Waals surface area contributed by atoms with E-state index in [1.165, 1.54) is 0 Å². The molecule has 0 saturated carbocycles. The Morgan fingerprint density at radius 1 is 1.33 bits per heavy atom. The quantitative estimate of drug-likeness (QED) is 0.919. The Morgan fingerprint density at radius 2 is 2.05 bits per heavy atom. The molecule has 1 heterocycles. The van der Waals surface area contributed by atoms with Crippen LogP contribution in [0.1, 0.15) is 18.1 Å². The lowest BCUT2D eigenvalue weighted by Crippen LogP contribution is -2.34. The average Bonchev–Trinajstić information content (AvgIpc) is 2.80. The van der Waals surface area contributed by atoms with E-state index in [0.29, 0.717) is 12.3 Å². The van der Waals surface area contributed by atoms with Crippen molar-refractivity contribution in [2.45, 2.75) is 20.8 Å². The van der Waals surface area contributed by atoms with Crippen LogP contribution in [0, 0.1) is 25.7 Å². The van der Waals surface area contributed by atoms with Crippen molar-refractivity contribution in [3.05, 3.63) is 29.3 Å². The number of likely N-dealkylation sites (tertiary alicyclic amines) is 1. The third-order valence-corrected chi connectivity index (χ3v) is 3.96. The van der Waals surface area contributed by atoms with E-state index < -0.39 is 11.9 Å². The number of nitrogens with zero attached hydrogens (tertiary/aromatic N) is 1. The molecular formula is C16H21NO4. The van der Waals surface area contributed by atoms with Gasteiger partial charge in [0, 0.05) is 13.1 Å². The zero-order valence-corrected chi connectivity index (χ0v) is 12.6. The second kappa shape index (κ2) is 6.16. The maximum absolute atomic E-state index is 12.1. The van der Waals surface area contributed by atoms with Gasteiger partial charge in [0.2, 0.25) is 0 Å². The van der Waals surface area contributed by atoms with Gasteiger partial charge in [-0.2, -0.15) is 0 Å². The minimum Gasteiger partial charge on any atom is -0.484 e. The monoisotopic (exact) mass is 291 g/mol. The second-order valence-corrected chi connectivity index (χ2v) is 5.78. The van der Waals surface area contributed by atoms with E-state index in [9.17, 15) is 9.59 Å². The van der Waals surface area contributed by atoms with Gasteiger partial charge in [-0.15, -0.1) is 0 Å². The molecule has 1 aromatic carbocycles. The Labute approximate surface area is 124 Å². The van der Waals surface area contributed by atoms with Gasteiger partial charge < -0.3 is 14.7 Å². The molecule has 1 aliphatic heterocycles. The summed E-state index contributed by atoms with van der Waals surface area (Å²) < 4.78 is 5.56. The molecule has 1 saturated heterocycles. The number of carbonyl (C=O) groups excluding carboxylic acids is 1. The number of carboxylic acid groups (broad SMARTS) is 1. The first kappa shape index (κ1) is 15.4. The summed E-state index contributed by atoms with van der Waals surface area (Å²) in [5.41, 5.74) is 2.13. The number of hydrogen-bond acceptors (Lipinski definition) is 3. The summed E-state index contributed by atoms with van der Waals surface area (Å²) in [6.07, 6.45) is 0. The van der Waals surface area contributed by atoms with E-state index in [1.54, 1.807) is 4.90 Å². The van der Waals surface area contributed by atoms with Crippen LogP contribution in [0.3, 0.4) is 0 Å². The predicted octanol–water partition coefficient (Wildman–Crippen LogP) is 1.86. The van der Waals surface area contributed by atoms with Gasteiger partial charge in [-0.25, -0.2) is 0 Å². The minimum absolute atomic E-state index is 0.0208. The van der Waals surface area contributed by atoms with Crippen LogP contribution in [-0.4, -0.2) is 41.6 Å². The molecule has 0 bridgehead atoms. The van der Waals surface area contributed by atoms with E-state index in [4.69, 9.17) is 9.84 Å². The van der Waals surface area contributed by atoms with Gasteiger partial charge in [-0.3, -0.25) is 9.59 Å². The molecule has 1 aromatic rings. The Bertz CT molecular complexity index is 555. The van der Waals surface area contributed by atoms with Gasteiger partial charge in [-0.05, 0) is 31.4 Å². The van der Waals surface area contributed by atoms with Crippen LogP contribution in [-0.2, 0) is 9.59 Å². The molecule has 2 atom stereocenters. The molecule has 21 heavy (non-hydrogen) atoms. The number of carbonyl (C=O) groups is 2. The highest BCUT2D eigenvalue weighted by atomic mass is 16.5. The molecular weight excluding hydrogens is 270 g/mol. The fourth-order valence-electron chi connectivity index (χ4n) is 2.68. The van der Waals surface area contributed by atoms with Crippen LogP contribution in [0.15, 0.2) is 18.2 Å². The summed E-state index contributed by atoms with van der Waals surface area (Å²) in [5, 5.41) is 9.08. The van der Waals surface area contributed by atoms with Crippen molar-refractivity contribution in [1.82, 2.24) is 4.90 Å². The highest BCUT2D eigenvalue weighted by Gasteiger charge is 2.36. The third-order valence-electron chi connectivity index (χ3n) is 3.96. The minimum atomic E-state index is -0.840. The molecule has 0 aliphatic carbocycles. The van der Waals surface area contributed by atoms with Crippen LogP contribution >= 0.6 is 0 Å².